The monoisotopic (exact) mass is 427 g/mol. The van der Waals surface area contributed by atoms with Gasteiger partial charge in [0.05, 0.1) is 11.0 Å². The van der Waals surface area contributed by atoms with Gasteiger partial charge in [0.1, 0.15) is 0 Å². The average Bonchev–Trinajstić information content (AvgIpc) is 2.71. The predicted molar refractivity (Wildman–Crippen MR) is 120 cm³/mol. The Morgan fingerprint density at radius 3 is 2.65 bits per heavy atom. The van der Waals surface area contributed by atoms with Crippen LogP contribution < -0.4 is 16.6 Å². The third-order valence-electron chi connectivity index (χ3n) is 5.32. The highest BCUT2D eigenvalue weighted by atomic mass is 16.4. The van der Waals surface area contributed by atoms with Gasteiger partial charge in [0, 0.05) is 25.2 Å². The van der Waals surface area contributed by atoms with Gasteiger partial charge in [-0.3, -0.25) is 14.6 Å². The van der Waals surface area contributed by atoms with E-state index in [9.17, 15) is 14.4 Å². The van der Waals surface area contributed by atoms with Crippen molar-refractivity contribution in [2.75, 3.05) is 11.9 Å². The molecule has 0 aromatic heterocycles. The molecule has 9 nitrogen and oxygen atoms in total. The number of aromatic amines is 1. The first-order chi connectivity index (χ1) is 14.9. The van der Waals surface area contributed by atoms with E-state index in [0.29, 0.717) is 18.5 Å². The van der Waals surface area contributed by atoms with Crippen LogP contribution >= 0.6 is 0 Å². The number of nitrogens with one attached hydrogen (secondary N) is 2. The molecule has 31 heavy (non-hydrogen) atoms. The van der Waals surface area contributed by atoms with E-state index in [1.165, 1.54) is 0 Å². The largest absolute Gasteiger partial charge is 0.481 e. The zero-order valence-electron chi connectivity index (χ0n) is 18.0. The molecule has 2 aliphatic heterocycles. The first-order valence-corrected chi connectivity index (χ1v) is 10.8. The Labute approximate surface area is 179 Å². The summed E-state index contributed by atoms with van der Waals surface area (Å²) < 4.78 is 1.88. The molecular weight excluding hydrogens is 398 g/mol. The van der Waals surface area contributed by atoms with Gasteiger partial charge < -0.3 is 15.0 Å². The number of rotatable bonds is 11. The molecule has 1 aromatic rings. The average molecular weight is 428 g/mol. The second kappa shape index (κ2) is 10.2. The number of anilines is 1. The number of carboxylic acid groups (broad SMARTS) is 1. The maximum Gasteiger partial charge on any atom is 0.349 e. The van der Waals surface area contributed by atoms with E-state index in [1.807, 2.05) is 23.6 Å². The molecular formula is C22H29N5O4. The van der Waals surface area contributed by atoms with Crippen LogP contribution in [0.1, 0.15) is 57.4 Å². The highest BCUT2D eigenvalue weighted by molar-refractivity contribution is 5.84. The van der Waals surface area contributed by atoms with Crippen molar-refractivity contribution in [2.24, 2.45) is 0 Å². The summed E-state index contributed by atoms with van der Waals surface area (Å²) in [5.41, 5.74) is 2.40. The number of hydrogen-bond acceptors (Lipinski definition) is 6. The molecule has 0 aliphatic carbocycles. The normalized spacial score (nSPS) is 11.3. The molecule has 2 heterocycles. The minimum absolute atomic E-state index is 0.143. The number of benzene rings is 1. The fraction of sp³-hybridized carbons (Fsp3) is 0.500. The maximum absolute atomic E-state index is 12.4. The lowest BCUT2D eigenvalue weighted by Gasteiger charge is -2.19. The van der Waals surface area contributed by atoms with Gasteiger partial charge in [-0.15, -0.1) is 0 Å². The summed E-state index contributed by atoms with van der Waals surface area (Å²) in [6, 6.07) is 3.95. The number of aryl methyl sites for hydroxylation is 2. The molecule has 0 bridgehead atoms. The molecule has 0 atom stereocenters. The van der Waals surface area contributed by atoms with Crippen molar-refractivity contribution in [3.8, 4) is 11.5 Å². The van der Waals surface area contributed by atoms with Gasteiger partial charge >= 0.3 is 11.7 Å². The van der Waals surface area contributed by atoms with Crippen LogP contribution in [0.15, 0.2) is 21.7 Å². The van der Waals surface area contributed by atoms with Gasteiger partial charge in [-0.05, 0) is 43.9 Å². The summed E-state index contributed by atoms with van der Waals surface area (Å²) in [4.78, 5) is 45.7. The van der Waals surface area contributed by atoms with Crippen LogP contribution in [0.2, 0.25) is 0 Å². The first-order valence-electron chi connectivity index (χ1n) is 10.8. The van der Waals surface area contributed by atoms with Gasteiger partial charge in [-0.25, -0.2) is 9.78 Å². The number of unbranched alkanes of at least 4 members (excludes halogenated alkanes) is 4. The van der Waals surface area contributed by atoms with Crippen LogP contribution in [-0.4, -0.2) is 37.1 Å². The number of nitrogens with zero attached hydrogens (tertiary/aromatic N) is 3. The van der Waals surface area contributed by atoms with Crippen molar-refractivity contribution in [3.63, 3.8) is 0 Å². The van der Waals surface area contributed by atoms with Crippen molar-refractivity contribution >= 4 is 22.7 Å². The topological polar surface area (TPSA) is 130 Å². The van der Waals surface area contributed by atoms with E-state index < -0.39 is 17.2 Å². The van der Waals surface area contributed by atoms with Gasteiger partial charge in [0.25, 0.3) is 5.56 Å². The van der Waals surface area contributed by atoms with Crippen molar-refractivity contribution < 1.29 is 9.90 Å². The van der Waals surface area contributed by atoms with E-state index in [2.05, 4.69) is 27.2 Å². The molecule has 2 aliphatic rings. The minimum Gasteiger partial charge on any atom is -0.481 e. The summed E-state index contributed by atoms with van der Waals surface area (Å²) in [5, 5.41) is 12.2. The van der Waals surface area contributed by atoms with E-state index >= 15 is 0 Å². The number of aliphatic carboxylic acids is 1. The Balaban J connectivity index is 1.99. The third-order valence-corrected chi connectivity index (χ3v) is 5.32. The van der Waals surface area contributed by atoms with Crippen molar-refractivity contribution in [2.45, 2.75) is 65.3 Å². The van der Waals surface area contributed by atoms with Crippen LogP contribution in [0.3, 0.4) is 0 Å². The molecule has 0 saturated heterocycles. The van der Waals surface area contributed by atoms with Crippen LogP contribution in [-0.2, 0) is 11.3 Å². The van der Waals surface area contributed by atoms with E-state index in [1.54, 1.807) is 0 Å². The van der Waals surface area contributed by atoms with Gasteiger partial charge in [0.2, 0.25) is 0 Å². The molecule has 166 valence electrons. The molecule has 1 aromatic carbocycles. The molecule has 0 amide bonds. The lowest BCUT2D eigenvalue weighted by molar-refractivity contribution is -0.137. The van der Waals surface area contributed by atoms with Crippen LogP contribution in [0.25, 0.3) is 22.6 Å². The van der Waals surface area contributed by atoms with Gasteiger partial charge in [-0.1, -0.05) is 26.2 Å². The van der Waals surface area contributed by atoms with Crippen molar-refractivity contribution in [3.05, 3.63) is 38.5 Å². The lowest BCUT2D eigenvalue weighted by atomic mass is 10.1. The Morgan fingerprint density at radius 2 is 1.90 bits per heavy atom. The number of fused-ring (bicyclic) bond motifs is 2. The number of aromatic nitrogens is 4. The number of hydrogen-bond donors (Lipinski definition) is 3. The predicted octanol–water partition coefficient (Wildman–Crippen LogP) is 3.14. The Kier molecular flexibility index (Phi) is 7.38. The Hall–Kier alpha value is -3.23. The summed E-state index contributed by atoms with van der Waals surface area (Å²) >= 11 is 0. The smallest absolute Gasteiger partial charge is 0.349 e. The van der Waals surface area contributed by atoms with Crippen LogP contribution in [0.4, 0.5) is 5.69 Å². The molecule has 3 N–H and O–H groups in total. The second-order valence-corrected chi connectivity index (χ2v) is 7.80. The Bertz CT molecular complexity index is 1150. The summed E-state index contributed by atoms with van der Waals surface area (Å²) in [5.74, 6) is -0.513. The molecule has 0 radical (unpaired) electrons. The fourth-order valence-electron chi connectivity index (χ4n) is 3.66. The molecule has 0 unspecified atom stereocenters. The SMILES string of the molecule is CCCCNc1cc2c(cc1C)nc1c(=O)[nH]c(=O)nc-1n2CCCCCCC(=O)O. The summed E-state index contributed by atoms with van der Waals surface area (Å²) in [6.45, 7) is 5.54. The van der Waals surface area contributed by atoms with E-state index in [-0.39, 0.29) is 17.9 Å². The second-order valence-electron chi connectivity index (χ2n) is 7.80. The maximum atomic E-state index is 12.4. The van der Waals surface area contributed by atoms with E-state index in [4.69, 9.17) is 5.11 Å². The molecule has 9 heteroatoms. The molecule has 3 rings (SSSR count). The number of H-pyrrole nitrogens is 1. The summed E-state index contributed by atoms with van der Waals surface area (Å²) in [7, 11) is 0. The van der Waals surface area contributed by atoms with Crippen LogP contribution in [0.5, 0.6) is 0 Å². The molecule has 0 spiro atoms. The van der Waals surface area contributed by atoms with Crippen molar-refractivity contribution in [1.82, 2.24) is 19.5 Å². The summed E-state index contributed by atoms with van der Waals surface area (Å²) in [6.07, 6.45) is 5.35. The third kappa shape index (κ3) is 5.48. The zero-order valence-corrected chi connectivity index (χ0v) is 18.0. The van der Waals surface area contributed by atoms with Crippen LogP contribution in [0, 0.1) is 6.92 Å². The number of carboxylic acids is 1. The fourth-order valence-corrected chi connectivity index (χ4v) is 3.66. The highest BCUT2D eigenvalue weighted by Crippen LogP contribution is 2.27. The highest BCUT2D eigenvalue weighted by Gasteiger charge is 2.19. The zero-order chi connectivity index (χ0) is 22.4. The first kappa shape index (κ1) is 22.5. The molecule has 0 fully saturated rings. The van der Waals surface area contributed by atoms with Crippen molar-refractivity contribution in [1.29, 1.82) is 0 Å². The lowest BCUT2D eigenvalue weighted by Crippen LogP contribution is -2.29. The minimum atomic E-state index is -0.787. The Morgan fingerprint density at radius 1 is 1.13 bits per heavy atom. The van der Waals surface area contributed by atoms with Gasteiger partial charge in [0.15, 0.2) is 11.5 Å². The van der Waals surface area contributed by atoms with Gasteiger partial charge in [-0.2, -0.15) is 4.98 Å². The standard InChI is InChI=1S/C22H29N5O4/c1-3-4-10-23-15-13-17-16(12-14(15)2)24-19-20(25-22(31)26-21(19)30)27(17)11-8-6-5-7-9-18(28)29/h12-13,23H,3-11H2,1-2H3,(H,28,29)(H,26,30,31). The quantitative estimate of drug-likeness (QED) is 0.316. The molecule has 0 saturated carbocycles. The van der Waals surface area contributed by atoms with E-state index in [0.717, 1.165) is 55.4 Å². The number of carbonyl (C=O) groups is 1.